The fourth-order valence-electron chi connectivity index (χ4n) is 1.07. The van der Waals surface area contributed by atoms with Gasteiger partial charge in [0.1, 0.15) is 10.6 Å². The number of aromatic nitrogens is 1. The number of ether oxygens (including phenoxy) is 1. The smallest absolute Gasteiger partial charge is 0.344 e. The lowest BCUT2D eigenvalue weighted by atomic mass is 10.1. The molecule has 0 aliphatic carbocycles. The molecule has 1 heterocycles. The molecule has 0 aromatic carbocycles. The zero-order chi connectivity index (χ0) is 12.3. The van der Waals surface area contributed by atoms with Crippen LogP contribution in [0.4, 0.5) is 10.8 Å². The van der Waals surface area contributed by atoms with E-state index in [9.17, 15) is 4.79 Å². The molecule has 90 valence electrons. The first-order valence-electron chi connectivity index (χ1n) is 5.07. The molecule has 16 heavy (non-hydrogen) atoms. The predicted octanol–water partition coefficient (Wildman–Crippen LogP) is 1.97. The van der Waals surface area contributed by atoms with Crippen LogP contribution >= 0.6 is 11.5 Å². The highest BCUT2D eigenvalue weighted by molar-refractivity contribution is 7.11. The van der Waals surface area contributed by atoms with Crippen LogP contribution in [-0.2, 0) is 4.74 Å². The van der Waals surface area contributed by atoms with Crippen LogP contribution in [-0.4, -0.2) is 23.5 Å². The Balaban J connectivity index is 2.93. The van der Waals surface area contributed by atoms with Crippen molar-refractivity contribution in [1.29, 1.82) is 0 Å². The zero-order valence-electron chi connectivity index (χ0n) is 9.90. The average molecular weight is 243 g/mol. The molecule has 3 N–H and O–H groups in total. The Labute approximate surface area is 99.2 Å². The minimum atomic E-state index is -0.454. The van der Waals surface area contributed by atoms with E-state index in [0.717, 1.165) is 0 Å². The van der Waals surface area contributed by atoms with Crippen molar-refractivity contribution in [3.05, 3.63) is 5.56 Å². The Kier molecular flexibility index (Phi) is 4.12. The minimum absolute atomic E-state index is 0.218. The highest BCUT2D eigenvalue weighted by atomic mass is 32.1. The molecule has 0 bridgehead atoms. The maximum atomic E-state index is 11.5. The Morgan fingerprint density at radius 3 is 2.62 bits per heavy atom. The number of anilines is 2. The van der Waals surface area contributed by atoms with E-state index in [1.165, 1.54) is 18.6 Å². The van der Waals surface area contributed by atoms with Crippen LogP contribution in [0.2, 0.25) is 0 Å². The Morgan fingerprint density at radius 1 is 1.50 bits per heavy atom. The van der Waals surface area contributed by atoms with E-state index in [1.54, 1.807) is 0 Å². The minimum Gasteiger partial charge on any atom is -0.465 e. The van der Waals surface area contributed by atoms with Crippen molar-refractivity contribution in [1.82, 2.24) is 4.37 Å². The van der Waals surface area contributed by atoms with Gasteiger partial charge in [0.2, 0.25) is 0 Å². The van der Waals surface area contributed by atoms with E-state index < -0.39 is 5.97 Å². The first-order valence-corrected chi connectivity index (χ1v) is 5.84. The number of nitrogens with one attached hydrogen (secondary N) is 1. The van der Waals surface area contributed by atoms with Gasteiger partial charge in [0.15, 0.2) is 5.82 Å². The van der Waals surface area contributed by atoms with Crippen molar-refractivity contribution in [2.75, 3.05) is 18.2 Å². The first-order chi connectivity index (χ1) is 7.47. The molecule has 1 aromatic heterocycles. The third-order valence-corrected chi connectivity index (χ3v) is 3.26. The molecule has 0 saturated heterocycles. The van der Waals surface area contributed by atoms with Crippen molar-refractivity contribution in [2.45, 2.75) is 26.8 Å². The van der Waals surface area contributed by atoms with Gasteiger partial charge in [-0.25, -0.2) is 4.79 Å². The number of nitrogens with zero attached hydrogens (tertiary/aromatic N) is 1. The normalized spacial score (nSPS) is 12.6. The molecule has 0 spiro atoms. The second-order valence-corrected chi connectivity index (χ2v) is 4.71. The van der Waals surface area contributed by atoms with Crippen LogP contribution in [0.25, 0.3) is 0 Å². The molecule has 0 amide bonds. The Hall–Kier alpha value is -1.30. The highest BCUT2D eigenvalue weighted by Crippen LogP contribution is 2.28. The molecule has 6 heteroatoms. The van der Waals surface area contributed by atoms with Crippen LogP contribution in [0.1, 0.15) is 31.1 Å². The Bertz CT molecular complexity index is 376. The summed E-state index contributed by atoms with van der Waals surface area (Å²) in [5.41, 5.74) is 5.96. The van der Waals surface area contributed by atoms with Crippen molar-refractivity contribution in [2.24, 2.45) is 5.92 Å². The quantitative estimate of drug-likeness (QED) is 0.790. The van der Waals surface area contributed by atoms with Crippen LogP contribution in [0.15, 0.2) is 0 Å². The number of methoxy groups -OCH3 is 1. The molecule has 5 nitrogen and oxygen atoms in total. The lowest BCUT2D eigenvalue weighted by Gasteiger charge is -2.17. The fraction of sp³-hybridized carbons (Fsp3) is 0.600. The van der Waals surface area contributed by atoms with Gasteiger partial charge in [-0.05, 0) is 24.4 Å². The van der Waals surface area contributed by atoms with E-state index in [4.69, 9.17) is 5.73 Å². The molecular weight excluding hydrogens is 226 g/mol. The van der Waals surface area contributed by atoms with Gasteiger partial charge in [0.25, 0.3) is 0 Å². The van der Waals surface area contributed by atoms with Crippen molar-refractivity contribution < 1.29 is 9.53 Å². The van der Waals surface area contributed by atoms with Gasteiger partial charge < -0.3 is 15.8 Å². The summed E-state index contributed by atoms with van der Waals surface area (Å²) in [7, 11) is 1.33. The monoisotopic (exact) mass is 243 g/mol. The number of esters is 1. The summed E-state index contributed by atoms with van der Waals surface area (Å²) in [4.78, 5) is 11.5. The van der Waals surface area contributed by atoms with Crippen LogP contribution in [0.3, 0.4) is 0 Å². The summed E-state index contributed by atoms with van der Waals surface area (Å²) in [5, 5.41) is 3.89. The number of hydrogen-bond donors (Lipinski definition) is 2. The van der Waals surface area contributed by atoms with E-state index in [1.807, 2.05) is 6.92 Å². The second-order valence-electron chi connectivity index (χ2n) is 3.94. The zero-order valence-corrected chi connectivity index (χ0v) is 10.7. The topological polar surface area (TPSA) is 77.2 Å². The van der Waals surface area contributed by atoms with Crippen LogP contribution < -0.4 is 11.1 Å². The van der Waals surface area contributed by atoms with Gasteiger partial charge in [-0.3, -0.25) is 0 Å². The van der Waals surface area contributed by atoms with Crippen molar-refractivity contribution >= 4 is 28.3 Å². The largest absolute Gasteiger partial charge is 0.465 e. The third-order valence-electron chi connectivity index (χ3n) is 2.47. The van der Waals surface area contributed by atoms with Gasteiger partial charge in [-0.2, -0.15) is 4.37 Å². The van der Waals surface area contributed by atoms with E-state index >= 15 is 0 Å². The summed E-state index contributed by atoms with van der Waals surface area (Å²) < 4.78 is 8.62. The van der Waals surface area contributed by atoms with Gasteiger partial charge >= 0.3 is 5.97 Å². The van der Waals surface area contributed by atoms with Gasteiger partial charge in [0.05, 0.1) is 7.11 Å². The summed E-state index contributed by atoms with van der Waals surface area (Å²) in [5.74, 6) is 0.217. The van der Waals surface area contributed by atoms with E-state index in [2.05, 4.69) is 28.3 Å². The number of nitrogen functional groups attached to an aromatic ring is 1. The number of nitrogens with two attached hydrogens (primary N) is 1. The average Bonchev–Trinajstić information content (AvgIpc) is 2.58. The SMILES string of the molecule is COC(=O)c1c(N)nsc1NC(C)C(C)C. The maximum absolute atomic E-state index is 11.5. The lowest BCUT2D eigenvalue weighted by molar-refractivity contribution is 0.0603. The predicted molar refractivity (Wildman–Crippen MR) is 65.8 cm³/mol. The molecule has 1 rings (SSSR count). The fourth-order valence-corrected chi connectivity index (χ4v) is 1.87. The molecule has 0 fully saturated rings. The van der Waals surface area contributed by atoms with Gasteiger partial charge in [-0.15, -0.1) is 0 Å². The maximum Gasteiger partial charge on any atom is 0.344 e. The molecular formula is C10H17N3O2S. The molecule has 1 unspecified atom stereocenters. The van der Waals surface area contributed by atoms with Crippen molar-refractivity contribution in [3.8, 4) is 0 Å². The highest BCUT2D eigenvalue weighted by Gasteiger charge is 2.21. The summed E-state index contributed by atoms with van der Waals surface area (Å²) in [6, 6.07) is 0.239. The number of rotatable bonds is 4. The van der Waals surface area contributed by atoms with Gasteiger partial charge in [-0.1, -0.05) is 13.8 Å². The van der Waals surface area contributed by atoms with E-state index in [-0.39, 0.29) is 11.9 Å². The van der Waals surface area contributed by atoms with Crippen molar-refractivity contribution in [3.63, 3.8) is 0 Å². The van der Waals surface area contributed by atoms with Crippen LogP contribution in [0, 0.1) is 5.92 Å². The summed E-state index contributed by atoms with van der Waals surface area (Å²) in [6.07, 6.45) is 0. The van der Waals surface area contributed by atoms with Crippen LogP contribution in [0.5, 0.6) is 0 Å². The Morgan fingerprint density at radius 2 is 2.12 bits per heavy atom. The standard InChI is InChI=1S/C10H17N3O2S/c1-5(2)6(3)12-9-7(10(14)15-4)8(11)13-16-9/h5-6,12H,1-4H3,(H2,11,13). The molecule has 0 aliphatic heterocycles. The van der Waals surface area contributed by atoms with Gasteiger partial charge in [0, 0.05) is 6.04 Å². The molecule has 0 saturated carbocycles. The summed E-state index contributed by atoms with van der Waals surface area (Å²) in [6.45, 7) is 6.24. The van der Waals surface area contributed by atoms with E-state index in [0.29, 0.717) is 16.5 Å². The lowest BCUT2D eigenvalue weighted by Crippen LogP contribution is -2.22. The number of carbonyl (C=O) groups is 1. The number of carbonyl (C=O) groups excluding carboxylic acids is 1. The molecule has 0 aliphatic rings. The third kappa shape index (κ3) is 2.63. The molecule has 0 radical (unpaired) electrons. The first kappa shape index (κ1) is 12.8. The summed E-state index contributed by atoms with van der Waals surface area (Å²) >= 11 is 1.18. The molecule has 1 aromatic rings. The second kappa shape index (κ2) is 5.16. The molecule has 1 atom stereocenters. The number of hydrogen-bond acceptors (Lipinski definition) is 6.